The van der Waals surface area contributed by atoms with Crippen molar-refractivity contribution in [2.24, 2.45) is 0 Å². The topological polar surface area (TPSA) is 42.6 Å². The Kier molecular flexibility index (Phi) is 2.65. The van der Waals surface area contributed by atoms with Gasteiger partial charge in [-0.1, -0.05) is 18.2 Å². The molecule has 2 atom stereocenters. The standard InChI is InChI=1S/C14H16O3/c1-9-4-2-5-10-8-12(17-14(9)10)13(15)11-6-3-7-16-11/h2,4-5,8,11,13,15H,3,6-7H2,1H3. The van der Waals surface area contributed by atoms with Crippen LogP contribution in [-0.2, 0) is 4.74 Å². The Morgan fingerprint density at radius 2 is 2.29 bits per heavy atom. The van der Waals surface area contributed by atoms with E-state index in [9.17, 15) is 5.11 Å². The first-order valence-corrected chi connectivity index (χ1v) is 6.04. The van der Waals surface area contributed by atoms with Gasteiger partial charge in [-0.05, 0) is 31.4 Å². The smallest absolute Gasteiger partial charge is 0.138 e. The zero-order valence-electron chi connectivity index (χ0n) is 9.85. The molecule has 1 N–H and O–H groups in total. The third-order valence-electron chi connectivity index (χ3n) is 3.37. The molecule has 1 fully saturated rings. The molecule has 0 radical (unpaired) electrons. The number of aliphatic hydroxyl groups excluding tert-OH is 1. The van der Waals surface area contributed by atoms with E-state index in [0.29, 0.717) is 5.76 Å². The van der Waals surface area contributed by atoms with Crippen LogP contribution in [0.15, 0.2) is 28.7 Å². The van der Waals surface area contributed by atoms with Crippen molar-refractivity contribution in [3.8, 4) is 0 Å². The Morgan fingerprint density at radius 1 is 1.41 bits per heavy atom. The van der Waals surface area contributed by atoms with Crippen LogP contribution in [-0.4, -0.2) is 17.8 Å². The van der Waals surface area contributed by atoms with Gasteiger partial charge in [0.05, 0.1) is 6.10 Å². The summed E-state index contributed by atoms with van der Waals surface area (Å²) in [7, 11) is 0. The second kappa shape index (κ2) is 4.17. The molecule has 1 aliphatic rings. The van der Waals surface area contributed by atoms with Gasteiger partial charge in [-0.2, -0.15) is 0 Å². The minimum absolute atomic E-state index is 0.115. The van der Waals surface area contributed by atoms with Gasteiger partial charge < -0.3 is 14.3 Å². The van der Waals surface area contributed by atoms with Gasteiger partial charge in [0.15, 0.2) is 0 Å². The number of ether oxygens (including phenoxy) is 1. The number of hydrogen-bond acceptors (Lipinski definition) is 3. The molecular weight excluding hydrogens is 216 g/mol. The van der Waals surface area contributed by atoms with Crippen LogP contribution in [0.3, 0.4) is 0 Å². The lowest BCUT2D eigenvalue weighted by atomic mass is 10.1. The summed E-state index contributed by atoms with van der Waals surface area (Å²) in [6, 6.07) is 7.91. The molecule has 1 aliphatic heterocycles. The van der Waals surface area contributed by atoms with Crippen LogP contribution in [0.2, 0.25) is 0 Å². The van der Waals surface area contributed by atoms with Crippen LogP contribution < -0.4 is 0 Å². The Morgan fingerprint density at radius 3 is 3.00 bits per heavy atom. The molecular formula is C14H16O3. The molecule has 3 rings (SSSR count). The van der Waals surface area contributed by atoms with E-state index in [4.69, 9.17) is 9.15 Å². The van der Waals surface area contributed by atoms with E-state index in [1.54, 1.807) is 0 Å². The van der Waals surface area contributed by atoms with E-state index >= 15 is 0 Å². The summed E-state index contributed by atoms with van der Waals surface area (Å²) in [6.45, 7) is 2.75. The van der Waals surface area contributed by atoms with Crippen molar-refractivity contribution >= 4 is 11.0 Å². The minimum atomic E-state index is -0.649. The van der Waals surface area contributed by atoms with Gasteiger partial charge in [0.2, 0.25) is 0 Å². The second-order valence-electron chi connectivity index (χ2n) is 4.64. The molecule has 3 heteroatoms. The highest BCUT2D eigenvalue weighted by Crippen LogP contribution is 2.31. The highest BCUT2D eigenvalue weighted by Gasteiger charge is 2.28. The number of rotatable bonds is 2. The Labute approximate surface area is 100.0 Å². The first kappa shape index (κ1) is 10.8. The maximum Gasteiger partial charge on any atom is 0.138 e. The molecule has 0 aliphatic carbocycles. The number of benzene rings is 1. The maximum atomic E-state index is 10.2. The van der Waals surface area contributed by atoms with Gasteiger partial charge in [-0.3, -0.25) is 0 Å². The van der Waals surface area contributed by atoms with Crippen LogP contribution in [0.25, 0.3) is 11.0 Å². The van der Waals surface area contributed by atoms with Crippen molar-refractivity contribution in [3.63, 3.8) is 0 Å². The molecule has 0 bridgehead atoms. The highest BCUT2D eigenvalue weighted by molar-refractivity contribution is 5.80. The number of hydrogen-bond donors (Lipinski definition) is 1. The monoisotopic (exact) mass is 232 g/mol. The number of aliphatic hydroxyl groups is 1. The highest BCUT2D eigenvalue weighted by atomic mass is 16.5. The first-order chi connectivity index (χ1) is 8.25. The Bertz CT molecular complexity index is 523. The van der Waals surface area contributed by atoms with Crippen molar-refractivity contribution in [3.05, 3.63) is 35.6 Å². The SMILES string of the molecule is Cc1cccc2cc(C(O)C3CCCO3)oc12. The number of para-hydroxylation sites is 1. The number of fused-ring (bicyclic) bond motifs is 1. The van der Waals surface area contributed by atoms with E-state index in [0.717, 1.165) is 36.0 Å². The summed E-state index contributed by atoms with van der Waals surface area (Å²) in [6.07, 6.45) is 1.15. The van der Waals surface area contributed by atoms with Crippen molar-refractivity contribution in [2.45, 2.75) is 32.0 Å². The van der Waals surface area contributed by atoms with Crippen molar-refractivity contribution in [2.75, 3.05) is 6.61 Å². The lowest BCUT2D eigenvalue weighted by Crippen LogP contribution is -2.16. The lowest BCUT2D eigenvalue weighted by Gasteiger charge is -2.14. The van der Waals surface area contributed by atoms with E-state index < -0.39 is 6.10 Å². The molecule has 90 valence electrons. The van der Waals surface area contributed by atoms with Gasteiger partial charge in [0.25, 0.3) is 0 Å². The zero-order valence-corrected chi connectivity index (χ0v) is 9.85. The van der Waals surface area contributed by atoms with E-state index in [-0.39, 0.29) is 6.10 Å². The van der Waals surface area contributed by atoms with Gasteiger partial charge >= 0.3 is 0 Å². The third-order valence-corrected chi connectivity index (χ3v) is 3.37. The normalized spacial score (nSPS) is 22.1. The molecule has 2 heterocycles. The molecule has 0 spiro atoms. The predicted molar refractivity (Wildman–Crippen MR) is 64.9 cm³/mol. The van der Waals surface area contributed by atoms with E-state index in [1.165, 1.54) is 0 Å². The number of furan rings is 1. The molecule has 3 nitrogen and oxygen atoms in total. The van der Waals surface area contributed by atoms with Crippen LogP contribution in [0.4, 0.5) is 0 Å². The van der Waals surface area contributed by atoms with Crippen molar-refractivity contribution in [1.29, 1.82) is 0 Å². The van der Waals surface area contributed by atoms with Crippen molar-refractivity contribution in [1.82, 2.24) is 0 Å². The fourth-order valence-electron chi connectivity index (χ4n) is 2.41. The summed E-state index contributed by atoms with van der Waals surface area (Å²) in [5.41, 5.74) is 1.95. The summed E-state index contributed by atoms with van der Waals surface area (Å²) in [4.78, 5) is 0. The molecule has 1 aromatic carbocycles. The predicted octanol–water partition coefficient (Wildman–Crippen LogP) is 2.95. The van der Waals surface area contributed by atoms with Gasteiger partial charge in [0.1, 0.15) is 17.4 Å². The maximum absolute atomic E-state index is 10.2. The van der Waals surface area contributed by atoms with Crippen LogP contribution in [0.5, 0.6) is 0 Å². The summed E-state index contributed by atoms with van der Waals surface area (Å²) >= 11 is 0. The van der Waals surface area contributed by atoms with Crippen molar-refractivity contribution < 1.29 is 14.3 Å². The Hall–Kier alpha value is -1.32. The van der Waals surface area contributed by atoms with Gasteiger partial charge in [-0.15, -0.1) is 0 Å². The molecule has 1 aromatic heterocycles. The molecule has 2 aromatic rings. The largest absolute Gasteiger partial charge is 0.458 e. The van der Waals surface area contributed by atoms with Crippen LogP contribution >= 0.6 is 0 Å². The first-order valence-electron chi connectivity index (χ1n) is 6.04. The number of aryl methyl sites for hydroxylation is 1. The molecule has 1 saturated heterocycles. The van der Waals surface area contributed by atoms with Crippen LogP contribution in [0.1, 0.15) is 30.3 Å². The van der Waals surface area contributed by atoms with Gasteiger partial charge in [-0.25, -0.2) is 0 Å². The molecule has 17 heavy (non-hydrogen) atoms. The molecule has 0 amide bonds. The molecule has 0 saturated carbocycles. The quantitative estimate of drug-likeness (QED) is 0.865. The average molecular weight is 232 g/mol. The zero-order chi connectivity index (χ0) is 11.8. The van der Waals surface area contributed by atoms with E-state index in [1.807, 2.05) is 31.2 Å². The van der Waals surface area contributed by atoms with Gasteiger partial charge in [0, 0.05) is 12.0 Å². The summed E-state index contributed by atoms with van der Waals surface area (Å²) < 4.78 is 11.2. The fourth-order valence-corrected chi connectivity index (χ4v) is 2.41. The van der Waals surface area contributed by atoms with E-state index in [2.05, 4.69) is 0 Å². The second-order valence-corrected chi connectivity index (χ2v) is 4.64. The molecule has 2 unspecified atom stereocenters. The third kappa shape index (κ3) is 1.85. The fraction of sp³-hybridized carbons (Fsp3) is 0.429. The lowest BCUT2D eigenvalue weighted by molar-refractivity contribution is -0.0124. The Balaban J connectivity index is 1.97. The van der Waals surface area contributed by atoms with Crippen LogP contribution in [0, 0.1) is 6.92 Å². The summed E-state index contributed by atoms with van der Waals surface area (Å²) in [5.74, 6) is 0.612. The summed E-state index contributed by atoms with van der Waals surface area (Å²) in [5, 5.41) is 11.2. The average Bonchev–Trinajstić information content (AvgIpc) is 2.98. The minimum Gasteiger partial charge on any atom is -0.458 e.